The van der Waals surface area contributed by atoms with Gasteiger partial charge in [-0.05, 0) is 17.5 Å². The van der Waals surface area contributed by atoms with Crippen molar-refractivity contribution in [3.63, 3.8) is 0 Å². The second-order valence-corrected chi connectivity index (χ2v) is 3.80. The molecule has 0 aromatic heterocycles. The van der Waals surface area contributed by atoms with Crippen LogP contribution in [0.1, 0.15) is 6.42 Å². The molecule has 100 valence electrons. The largest absolute Gasteiger partial charge is 0.390 e. The van der Waals surface area contributed by atoms with E-state index in [1.807, 2.05) is 0 Å². The van der Waals surface area contributed by atoms with E-state index in [0.29, 0.717) is 0 Å². The fraction of sp³-hybridized carbons (Fsp3) is 1.00. The van der Waals surface area contributed by atoms with Crippen LogP contribution in [0.15, 0.2) is 10.2 Å². The van der Waals surface area contributed by atoms with Crippen LogP contribution in [-0.4, -0.2) is 54.5 Å². The number of ether oxygens (including phenoxy) is 2. The normalized spacial score (nSPS) is 35.4. The summed E-state index contributed by atoms with van der Waals surface area (Å²) in [6.07, 6.45) is -3.39. The Kier molecular flexibility index (Phi) is 5.66. The van der Waals surface area contributed by atoms with Gasteiger partial charge in [0.15, 0.2) is 0 Å². The first kappa shape index (κ1) is 14.5. The van der Waals surface area contributed by atoms with Crippen molar-refractivity contribution in [2.75, 3.05) is 13.9 Å². The van der Waals surface area contributed by atoms with Gasteiger partial charge in [-0.15, -0.1) is 0 Å². The molecule has 0 bridgehead atoms. The molecule has 10 heteroatoms. The topological polar surface area (TPSA) is 156 Å². The van der Waals surface area contributed by atoms with Crippen molar-refractivity contribution in [1.82, 2.24) is 0 Å². The first-order valence-corrected chi connectivity index (χ1v) is 5.20. The molecule has 0 aromatic carbocycles. The molecule has 1 rings (SSSR count). The van der Waals surface area contributed by atoms with Crippen molar-refractivity contribution in [2.45, 2.75) is 36.8 Å². The number of methoxy groups -OCH3 is 1. The first-order valence-electron chi connectivity index (χ1n) is 5.20. The quantitative estimate of drug-likeness (QED) is 0.317. The van der Waals surface area contributed by atoms with E-state index in [2.05, 4.69) is 20.1 Å². The molecular weight excluding hydrogens is 244 g/mol. The lowest BCUT2D eigenvalue weighted by Crippen LogP contribution is -2.55. The highest BCUT2D eigenvalue weighted by molar-refractivity contribution is 5.00. The maximum absolute atomic E-state index is 9.86. The Hall–Kier alpha value is -1.54. The number of azide groups is 2. The van der Waals surface area contributed by atoms with Crippen LogP contribution < -0.4 is 0 Å². The maximum atomic E-state index is 9.86. The third-order valence-electron chi connectivity index (χ3n) is 2.72. The Bertz CT molecular complexity index is 367. The van der Waals surface area contributed by atoms with Gasteiger partial charge in [0.2, 0.25) is 0 Å². The van der Waals surface area contributed by atoms with Gasteiger partial charge in [-0.1, -0.05) is 10.2 Å². The molecule has 18 heavy (non-hydrogen) atoms. The van der Waals surface area contributed by atoms with Gasteiger partial charge in [0, 0.05) is 16.9 Å². The average molecular weight is 258 g/mol. The molecule has 0 spiro atoms. The van der Waals surface area contributed by atoms with Crippen LogP contribution in [0.25, 0.3) is 20.9 Å². The zero-order valence-electron chi connectivity index (χ0n) is 9.70. The monoisotopic (exact) mass is 258 g/mol. The van der Waals surface area contributed by atoms with Gasteiger partial charge < -0.3 is 19.7 Å². The van der Waals surface area contributed by atoms with E-state index in [4.69, 9.17) is 20.5 Å². The third kappa shape index (κ3) is 3.23. The van der Waals surface area contributed by atoms with Crippen LogP contribution >= 0.6 is 0 Å². The van der Waals surface area contributed by atoms with Crippen LogP contribution in [0.3, 0.4) is 0 Å². The predicted octanol–water partition coefficient (Wildman–Crippen LogP) is 0.459. The molecule has 0 aliphatic heterocycles. The fourth-order valence-corrected chi connectivity index (χ4v) is 1.89. The Labute approximate surface area is 102 Å². The van der Waals surface area contributed by atoms with Crippen molar-refractivity contribution in [3.8, 4) is 0 Å². The Morgan fingerprint density at radius 2 is 1.78 bits per heavy atom. The predicted molar refractivity (Wildman–Crippen MR) is 59.2 cm³/mol. The lowest BCUT2D eigenvalue weighted by molar-refractivity contribution is -0.163. The lowest BCUT2D eigenvalue weighted by atomic mass is 9.84. The molecule has 0 unspecified atom stereocenters. The van der Waals surface area contributed by atoms with Crippen molar-refractivity contribution in [2.24, 2.45) is 10.2 Å². The maximum Gasteiger partial charge on any atom is 0.146 e. The summed E-state index contributed by atoms with van der Waals surface area (Å²) < 4.78 is 9.87. The van der Waals surface area contributed by atoms with Gasteiger partial charge >= 0.3 is 0 Å². The van der Waals surface area contributed by atoms with Crippen LogP contribution in [0.5, 0.6) is 0 Å². The van der Waals surface area contributed by atoms with E-state index >= 15 is 0 Å². The Morgan fingerprint density at radius 3 is 2.33 bits per heavy atom. The third-order valence-corrected chi connectivity index (χ3v) is 2.72. The van der Waals surface area contributed by atoms with Crippen LogP contribution in [0.2, 0.25) is 0 Å². The summed E-state index contributed by atoms with van der Waals surface area (Å²) in [6.45, 7) is -0.113. The molecule has 10 nitrogen and oxygen atoms in total. The van der Waals surface area contributed by atoms with Gasteiger partial charge in [0.1, 0.15) is 12.9 Å². The second kappa shape index (κ2) is 7.02. The number of hydrogen-bond acceptors (Lipinski definition) is 6. The highest BCUT2D eigenvalue weighted by Crippen LogP contribution is 2.27. The minimum absolute atomic E-state index is 0.0979. The number of aliphatic hydroxyl groups excluding tert-OH is 2. The summed E-state index contributed by atoms with van der Waals surface area (Å²) in [4.78, 5) is 5.23. The number of rotatable bonds is 5. The summed E-state index contributed by atoms with van der Waals surface area (Å²) >= 11 is 0. The first-order chi connectivity index (χ1) is 8.65. The number of nitrogens with zero attached hydrogens (tertiary/aromatic N) is 6. The van der Waals surface area contributed by atoms with E-state index < -0.39 is 30.4 Å². The number of hydrogen-bond donors (Lipinski definition) is 2. The summed E-state index contributed by atoms with van der Waals surface area (Å²) in [5.74, 6) is 0. The highest BCUT2D eigenvalue weighted by Gasteiger charge is 2.43. The summed E-state index contributed by atoms with van der Waals surface area (Å²) in [5.41, 5.74) is 16.8. The van der Waals surface area contributed by atoms with Gasteiger partial charge in [0.25, 0.3) is 0 Å². The highest BCUT2D eigenvalue weighted by atomic mass is 16.7. The van der Waals surface area contributed by atoms with Gasteiger partial charge in [-0.25, -0.2) is 0 Å². The molecule has 0 heterocycles. The molecule has 0 saturated heterocycles. The van der Waals surface area contributed by atoms with E-state index in [1.54, 1.807) is 0 Å². The molecule has 1 aliphatic carbocycles. The standard InChI is InChI=1S/C8H14N6O4/c1-17-3-18-8-5(12-14-10)2-4(11-13-9)6(15)7(8)16/h4-8,15-16H,2-3H2,1H3/t4-,5+,6+,7-,8-/m1/s1. The Balaban J connectivity index is 2.88. The molecule has 0 aromatic rings. The molecule has 1 saturated carbocycles. The van der Waals surface area contributed by atoms with Crippen LogP contribution in [0.4, 0.5) is 0 Å². The molecule has 1 fully saturated rings. The molecular formula is C8H14N6O4. The van der Waals surface area contributed by atoms with Crippen molar-refractivity contribution in [3.05, 3.63) is 20.9 Å². The second-order valence-electron chi connectivity index (χ2n) is 3.80. The van der Waals surface area contributed by atoms with E-state index in [1.165, 1.54) is 7.11 Å². The smallest absolute Gasteiger partial charge is 0.146 e. The van der Waals surface area contributed by atoms with Crippen LogP contribution in [-0.2, 0) is 9.47 Å². The molecule has 2 N–H and O–H groups in total. The summed E-state index contributed by atoms with van der Waals surface area (Å²) in [7, 11) is 1.40. The SMILES string of the molecule is COCO[C@H]1[C@H](O)[C@@H](O)[C@H](N=[N+]=[N-])C[C@@H]1N=[N+]=[N-]. The fourth-order valence-electron chi connectivity index (χ4n) is 1.89. The molecule has 0 radical (unpaired) electrons. The lowest BCUT2D eigenvalue weighted by Gasteiger charge is -2.39. The van der Waals surface area contributed by atoms with E-state index in [-0.39, 0.29) is 13.2 Å². The summed E-state index contributed by atoms with van der Waals surface area (Å²) in [6, 6.07) is -1.60. The van der Waals surface area contributed by atoms with Gasteiger partial charge in [-0.3, -0.25) is 0 Å². The van der Waals surface area contributed by atoms with Crippen LogP contribution in [0, 0.1) is 0 Å². The summed E-state index contributed by atoms with van der Waals surface area (Å²) in [5, 5.41) is 26.5. The average Bonchev–Trinajstić information content (AvgIpc) is 2.36. The van der Waals surface area contributed by atoms with Crippen molar-refractivity contribution < 1.29 is 19.7 Å². The van der Waals surface area contributed by atoms with Gasteiger partial charge in [0.05, 0.1) is 24.3 Å². The van der Waals surface area contributed by atoms with Crippen molar-refractivity contribution >= 4 is 0 Å². The molecule has 1 aliphatic rings. The van der Waals surface area contributed by atoms with E-state index in [9.17, 15) is 10.2 Å². The molecule has 0 amide bonds. The minimum Gasteiger partial charge on any atom is -0.390 e. The number of aliphatic hydroxyl groups is 2. The minimum atomic E-state index is -1.32. The van der Waals surface area contributed by atoms with Gasteiger partial charge in [-0.2, -0.15) is 0 Å². The Morgan fingerprint density at radius 1 is 1.17 bits per heavy atom. The zero-order valence-corrected chi connectivity index (χ0v) is 9.70. The van der Waals surface area contributed by atoms with Crippen molar-refractivity contribution in [1.29, 1.82) is 0 Å². The molecule has 5 atom stereocenters. The zero-order chi connectivity index (χ0) is 13.5. The van der Waals surface area contributed by atoms with E-state index in [0.717, 1.165) is 0 Å².